The third-order valence-electron chi connectivity index (χ3n) is 5.81. The van der Waals surface area contributed by atoms with Crippen LogP contribution in [0.4, 0.5) is 5.69 Å². The lowest BCUT2D eigenvalue weighted by atomic mass is 10.0. The molecule has 6 rings (SSSR count). The zero-order valence-electron chi connectivity index (χ0n) is 17.4. The fourth-order valence-corrected chi connectivity index (χ4v) is 5.66. The van der Waals surface area contributed by atoms with Gasteiger partial charge in [0.1, 0.15) is 11.8 Å². The molecule has 1 saturated heterocycles. The van der Waals surface area contributed by atoms with Crippen LogP contribution >= 0.6 is 23.6 Å². The number of pyridine rings is 1. The molecule has 0 amide bonds. The summed E-state index contributed by atoms with van der Waals surface area (Å²) in [5, 5.41) is 15.5. The maximum atomic E-state index is 10.7. The maximum Gasteiger partial charge on any atom is 0.194 e. The third kappa shape index (κ3) is 3.35. The number of nitrogens with one attached hydrogen (secondary N) is 1. The van der Waals surface area contributed by atoms with Gasteiger partial charge in [0.05, 0.1) is 33.3 Å². The molecule has 1 fully saturated rings. The van der Waals surface area contributed by atoms with Crippen molar-refractivity contribution in [3.05, 3.63) is 103 Å². The minimum atomic E-state index is -0.247. The third-order valence-corrected chi connectivity index (χ3v) is 7.16. The summed E-state index contributed by atoms with van der Waals surface area (Å²) < 4.78 is 3.24. The van der Waals surface area contributed by atoms with Crippen LogP contribution in [0, 0.1) is 0 Å². The highest BCUT2D eigenvalue weighted by Crippen LogP contribution is 2.44. The van der Waals surface area contributed by atoms with Gasteiger partial charge in [-0.25, -0.2) is 4.98 Å². The molecule has 162 valence electrons. The summed E-state index contributed by atoms with van der Waals surface area (Å²) >= 11 is 7.42. The summed E-state index contributed by atoms with van der Waals surface area (Å²) in [6.07, 6.45) is 3.80. The molecule has 0 radical (unpaired) electrons. The Bertz CT molecular complexity index is 1430. The zero-order chi connectivity index (χ0) is 22.4. The molecular weight excluding hydrogens is 450 g/mol. The van der Waals surface area contributed by atoms with Crippen molar-refractivity contribution < 1.29 is 5.11 Å². The average Bonchev–Trinajstić information content (AvgIpc) is 3.56. The van der Waals surface area contributed by atoms with E-state index in [0.29, 0.717) is 10.8 Å². The SMILES string of the molecule is Oc1ccccc1N1C(=S)N[C@@H](c2ccccn2)[C@@H]1c1cccn1-c1nc2ccccc2s1. The van der Waals surface area contributed by atoms with Crippen LogP contribution in [0.5, 0.6) is 5.75 Å². The van der Waals surface area contributed by atoms with Crippen LogP contribution in [0.1, 0.15) is 23.5 Å². The monoisotopic (exact) mass is 469 g/mol. The van der Waals surface area contributed by atoms with Gasteiger partial charge >= 0.3 is 0 Å². The minimum absolute atomic E-state index is 0.173. The lowest BCUT2D eigenvalue weighted by Gasteiger charge is -2.28. The van der Waals surface area contributed by atoms with Crippen LogP contribution in [0.15, 0.2) is 91.3 Å². The van der Waals surface area contributed by atoms with E-state index in [2.05, 4.69) is 27.0 Å². The maximum absolute atomic E-state index is 10.7. The van der Waals surface area contributed by atoms with E-state index in [1.54, 1.807) is 29.7 Å². The predicted molar refractivity (Wildman–Crippen MR) is 135 cm³/mol. The molecule has 0 spiro atoms. The molecule has 6 nitrogen and oxygen atoms in total. The molecule has 5 aromatic rings. The first-order chi connectivity index (χ1) is 16.2. The molecule has 2 atom stereocenters. The zero-order valence-corrected chi connectivity index (χ0v) is 19.0. The Morgan fingerprint density at radius 1 is 0.939 bits per heavy atom. The van der Waals surface area contributed by atoms with E-state index in [9.17, 15) is 5.11 Å². The van der Waals surface area contributed by atoms with E-state index in [1.807, 2.05) is 65.7 Å². The highest BCUT2D eigenvalue weighted by Gasteiger charge is 2.43. The molecule has 0 aliphatic carbocycles. The normalized spacial score (nSPS) is 18.1. The Kier molecular flexibility index (Phi) is 4.82. The van der Waals surface area contributed by atoms with E-state index in [1.165, 1.54) is 0 Å². The molecule has 33 heavy (non-hydrogen) atoms. The van der Waals surface area contributed by atoms with Crippen LogP contribution in [0.2, 0.25) is 0 Å². The predicted octanol–water partition coefficient (Wildman–Crippen LogP) is 5.36. The molecular formula is C25H19N5OS2. The first kappa shape index (κ1) is 19.9. The van der Waals surface area contributed by atoms with E-state index >= 15 is 0 Å². The molecule has 1 aliphatic rings. The quantitative estimate of drug-likeness (QED) is 0.345. The Hall–Kier alpha value is -3.75. The minimum Gasteiger partial charge on any atom is -0.506 e. The largest absolute Gasteiger partial charge is 0.506 e. The van der Waals surface area contributed by atoms with E-state index < -0.39 is 0 Å². The second-order valence-electron chi connectivity index (χ2n) is 7.75. The van der Waals surface area contributed by atoms with Gasteiger partial charge in [0, 0.05) is 12.4 Å². The van der Waals surface area contributed by atoms with Gasteiger partial charge < -0.3 is 15.3 Å². The van der Waals surface area contributed by atoms with Gasteiger partial charge in [0.15, 0.2) is 10.2 Å². The number of phenolic OH excluding ortho intramolecular Hbond substituents is 1. The van der Waals surface area contributed by atoms with Crippen LogP contribution in [-0.4, -0.2) is 24.8 Å². The molecule has 0 bridgehead atoms. The summed E-state index contributed by atoms with van der Waals surface area (Å²) in [4.78, 5) is 11.4. The van der Waals surface area contributed by atoms with E-state index in [-0.39, 0.29) is 17.8 Å². The van der Waals surface area contributed by atoms with Gasteiger partial charge in [-0.05, 0) is 60.7 Å². The number of aromatic nitrogens is 3. The summed E-state index contributed by atoms with van der Waals surface area (Å²) in [6.45, 7) is 0. The number of hydrogen-bond donors (Lipinski definition) is 2. The smallest absolute Gasteiger partial charge is 0.194 e. The van der Waals surface area contributed by atoms with Gasteiger partial charge in [-0.15, -0.1) is 0 Å². The second kappa shape index (κ2) is 7.99. The Balaban J connectivity index is 1.53. The number of phenols is 1. The van der Waals surface area contributed by atoms with Crippen molar-refractivity contribution in [2.24, 2.45) is 0 Å². The molecule has 0 saturated carbocycles. The number of hydrogen-bond acceptors (Lipinski definition) is 5. The number of fused-ring (bicyclic) bond motifs is 1. The number of nitrogens with zero attached hydrogens (tertiary/aromatic N) is 4. The Labute approximate surface area is 199 Å². The number of anilines is 1. The summed E-state index contributed by atoms with van der Waals surface area (Å²) in [5.74, 6) is 0.173. The standard InChI is InChI=1S/C25H19N5OS2/c31-20-12-3-2-10-18(20)30-23(22(28-24(30)32)17-9-5-6-14-26-17)19-11-7-15-29(19)25-27-16-8-1-4-13-21(16)33-25/h1-15,22-23,31H,(H,28,32)/t22-,23-/m0/s1. The molecule has 1 aliphatic heterocycles. The molecule has 4 heterocycles. The lowest BCUT2D eigenvalue weighted by Crippen LogP contribution is -2.30. The van der Waals surface area contributed by atoms with Crippen LogP contribution in [0.25, 0.3) is 15.3 Å². The highest BCUT2D eigenvalue weighted by molar-refractivity contribution is 7.80. The van der Waals surface area contributed by atoms with Crippen molar-refractivity contribution in [1.82, 2.24) is 19.9 Å². The van der Waals surface area contributed by atoms with E-state index in [4.69, 9.17) is 17.2 Å². The fraction of sp³-hybridized carbons (Fsp3) is 0.0800. The molecule has 8 heteroatoms. The van der Waals surface area contributed by atoms with Gasteiger partial charge in [0.2, 0.25) is 0 Å². The van der Waals surface area contributed by atoms with Crippen molar-refractivity contribution >= 4 is 44.6 Å². The summed E-state index contributed by atoms with van der Waals surface area (Å²) in [7, 11) is 0. The number of thiocarbonyl (C=S) groups is 1. The second-order valence-corrected chi connectivity index (χ2v) is 9.15. The van der Waals surface area contributed by atoms with Crippen molar-refractivity contribution in [2.45, 2.75) is 12.1 Å². The number of benzene rings is 2. The van der Waals surface area contributed by atoms with Crippen LogP contribution in [0.3, 0.4) is 0 Å². The van der Waals surface area contributed by atoms with Gasteiger partial charge in [-0.2, -0.15) is 0 Å². The van der Waals surface area contributed by atoms with Crippen LogP contribution < -0.4 is 10.2 Å². The Morgan fingerprint density at radius 3 is 2.58 bits per heavy atom. The summed E-state index contributed by atoms with van der Waals surface area (Å²) in [6, 6.07) is 24.9. The topological polar surface area (TPSA) is 66.2 Å². The van der Waals surface area contributed by atoms with Gasteiger partial charge in [-0.3, -0.25) is 9.55 Å². The fourth-order valence-electron chi connectivity index (χ4n) is 4.36. The number of para-hydroxylation sites is 3. The molecule has 3 aromatic heterocycles. The van der Waals surface area contributed by atoms with Gasteiger partial charge in [-0.1, -0.05) is 41.7 Å². The first-order valence-corrected chi connectivity index (χ1v) is 11.7. The molecule has 0 unspecified atom stereocenters. The molecule has 2 aromatic carbocycles. The van der Waals surface area contributed by atoms with Crippen LogP contribution in [-0.2, 0) is 0 Å². The van der Waals surface area contributed by atoms with E-state index in [0.717, 1.165) is 26.7 Å². The lowest BCUT2D eigenvalue weighted by molar-refractivity contribution is 0.472. The number of aromatic hydroxyl groups is 1. The van der Waals surface area contributed by atoms with Crippen molar-refractivity contribution in [2.75, 3.05) is 4.90 Å². The summed E-state index contributed by atoms with van der Waals surface area (Å²) in [5.41, 5.74) is 3.49. The molecule has 2 N–H and O–H groups in total. The van der Waals surface area contributed by atoms with Gasteiger partial charge in [0.25, 0.3) is 0 Å². The average molecular weight is 470 g/mol. The number of rotatable bonds is 4. The highest BCUT2D eigenvalue weighted by atomic mass is 32.1. The van der Waals surface area contributed by atoms with Crippen molar-refractivity contribution in [1.29, 1.82) is 0 Å². The first-order valence-electron chi connectivity index (χ1n) is 10.5. The number of thiazole rings is 1. The Morgan fingerprint density at radius 2 is 1.76 bits per heavy atom. The van der Waals surface area contributed by atoms with Crippen molar-refractivity contribution in [3.63, 3.8) is 0 Å². The van der Waals surface area contributed by atoms with Crippen molar-refractivity contribution in [3.8, 4) is 10.9 Å².